The Morgan fingerprint density at radius 1 is 1.00 bits per heavy atom. The third-order valence-corrected chi connectivity index (χ3v) is 10.1. The number of carbonyl (C=O) groups is 2. The van der Waals surface area contributed by atoms with Gasteiger partial charge in [0.2, 0.25) is 23.5 Å². The van der Waals surface area contributed by atoms with Crippen LogP contribution in [0.5, 0.6) is 17.6 Å². The number of halogens is 5. The summed E-state index contributed by atoms with van der Waals surface area (Å²) in [4.78, 5) is 32.9. The second kappa shape index (κ2) is 16.8. The van der Waals surface area contributed by atoms with Crippen molar-refractivity contribution < 1.29 is 46.5 Å². The Hall–Kier alpha value is -4.99. The first kappa shape index (κ1) is 39.7. The van der Waals surface area contributed by atoms with Gasteiger partial charge in [0.05, 0.1) is 31.4 Å². The Morgan fingerprint density at radius 3 is 2.44 bits per heavy atom. The van der Waals surface area contributed by atoms with E-state index in [0.29, 0.717) is 70.3 Å². The third kappa shape index (κ3) is 9.11. The normalized spacial score (nSPS) is 16.6. The van der Waals surface area contributed by atoms with Crippen molar-refractivity contribution in [3.8, 4) is 40.0 Å². The Labute approximate surface area is 320 Å². The van der Waals surface area contributed by atoms with Crippen molar-refractivity contribution in [1.29, 1.82) is 0 Å². The molecule has 1 fully saturated rings. The highest BCUT2D eigenvalue weighted by atomic mass is 35.5. The molecule has 55 heavy (non-hydrogen) atoms. The van der Waals surface area contributed by atoms with Gasteiger partial charge < -0.3 is 34.9 Å². The van der Waals surface area contributed by atoms with Crippen LogP contribution in [0.4, 0.5) is 17.6 Å². The smallest absolute Gasteiger partial charge is 0.421 e. The van der Waals surface area contributed by atoms with Crippen LogP contribution in [-0.4, -0.2) is 72.2 Å². The average molecular weight is 786 g/mol. The standard InChI is InChI=1S/C39H40ClF4N5O6/c1-49(14-13-34(51)52)20-22-15-30(39(42,43)44)38(48-37(22)54-3)55-32-11-9-25-28(16-23(41)17-29(25)32)26-5-4-6-27(35(26)40)31-10-7-21(36(47-31)53-2)18-45-19-24-8-12-33(50)46-24/h4-7,10,15-17,24,32,45H,8-9,11-14,18-20H2,1-3H3,(H,46,50)(H,51,52)/t24-,32-/m0/s1. The first-order valence-corrected chi connectivity index (χ1v) is 18.0. The van der Waals surface area contributed by atoms with Gasteiger partial charge in [-0.2, -0.15) is 18.2 Å². The average Bonchev–Trinajstić information content (AvgIpc) is 3.75. The largest absolute Gasteiger partial charge is 0.481 e. The number of fused-ring (bicyclic) bond motifs is 1. The topological polar surface area (TPSA) is 135 Å². The second-order valence-electron chi connectivity index (χ2n) is 13.5. The van der Waals surface area contributed by atoms with E-state index in [9.17, 15) is 22.8 Å². The van der Waals surface area contributed by atoms with Gasteiger partial charge in [-0.15, -0.1) is 0 Å². The van der Waals surface area contributed by atoms with E-state index in [1.807, 2.05) is 6.07 Å². The molecule has 2 aromatic carbocycles. The van der Waals surface area contributed by atoms with Crippen molar-refractivity contribution in [3.63, 3.8) is 0 Å². The van der Waals surface area contributed by atoms with Crippen LogP contribution in [0.2, 0.25) is 5.02 Å². The summed E-state index contributed by atoms with van der Waals surface area (Å²) < 4.78 is 75.6. The molecular weight excluding hydrogens is 746 g/mol. The van der Waals surface area contributed by atoms with Crippen LogP contribution in [0.25, 0.3) is 22.4 Å². The number of carboxylic acid groups (broad SMARTS) is 1. The summed E-state index contributed by atoms with van der Waals surface area (Å²) >= 11 is 7.03. The number of hydrogen-bond donors (Lipinski definition) is 3. The zero-order chi connectivity index (χ0) is 39.4. The first-order valence-electron chi connectivity index (χ1n) is 17.6. The lowest BCUT2D eigenvalue weighted by Crippen LogP contribution is -2.35. The molecule has 2 aromatic heterocycles. The molecule has 1 amide bonds. The molecule has 6 rings (SSSR count). The number of amides is 1. The number of nitrogens with zero attached hydrogens (tertiary/aromatic N) is 3. The summed E-state index contributed by atoms with van der Waals surface area (Å²) in [6.07, 6.45) is -4.13. The fraction of sp³-hybridized carbons (Fsp3) is 0.385. The van der Waals surface area contributed by atoms with Gasteiger partial charge in [-0.3, -0.25) is 9.59 Å². The van der Waals surface area contributed by atoms with Gasteiger partial charge in [-0.25, -0.2) is 9.37 Å². The predicted molar refractivity (Wildman–Crippen MR) is 196 cm³/mol. The molecule has 1 aliphatic carbocycles. The summed E-state index contributed by atoms with van der Waals surface area (Å²) in [7, 11) is 4.36. The maximum atomic E-state index is 15.4. The van der Waals surface area contributed by atoms with Crippen molar-refractivity contribution in [3.05, 3.63) is 87.2 Å². The van der Waals surface area contributed by atoms with Gasteiger partial charge >= 0.3 is 12.1 Å². The number of hydrogen-bond acceptors (Lipinski definition) is 9. The van der Waals surface area contributed by atoms with Crippen molar-refractivity contribution >= 4 is 23.5 Å². The van der Waals surface area contributed by atoms with Crippen LogP contribution < -0.4 is 24.8 Å². The molecular formula is C39H40ClF4N5O6. The third-order valence-electron chi connectivity index (χ3n) is 9.67. The zero-order valence-electron chi connectivity index (χ0n) is 30.4. The monoisotopic (exact) mass is 785 g/mol. The van der Waals surface area contributed by atoms with E-state index < -0.39 is 35.5 Å². The Balaban J connectivity index is 1.27. The van der Waals surface area contributed by atoms with E-state index in [2.05, 4.69) is 15.6 Å². The van der Waals surface area contributed by atoms with Crippen molar-refractivity contribution in [2.45, 2.75) is 63.5 Å². The Morgan fingerprint density at radius 2 is 1.75 bits per heavy atom. The summed E-state index contributed by atoms with van der Waals surface area (Å²) in [6.45, 7) is 1.10. The zero-order valence-corrected chi connectivity index (χ0v) is 31.1. The highest BCUT2D eigenvalue weighted by Crippen LogP contribution is 2.46. The lowest BCUT2D eigenvalue weighted by molar-refractivity contribution is -0.140. The highest BCUT2D eigenvalue weighted by molar-refractivity contribution is 6.36. The number of aromatic nitrogens is 2. The molecule has 0 spiro atoms. The fourth-order valence-electron chi connectivity index (χ4n) is 6.99. The van der Waals surface area contributed by atoms with Gasteiger partial charge in [-0.1, -0.05) is 35.9 Å². The van der Waals surface area contributed by atoms with Crippen LogP contribution >= 0.6 is 11.6 Å². The van der Waals surface area contributed by atoms with Crippen LogP contribution in [-0.2, 0) is 35.3 Å². The summed E-state index contributed by atoms with van der Waals surface area (Å²) in [5.74, 6) is -2.06. The quantitative estimate of drug-likeness (QED) is 0.108. The fourth-order valence-corrected chi connectivity index (χ4v) is 7.32. The maximum absolute atomic E-state index is 15.4. The van der Waals surface area contributed by atoms with E-state index in [1.165, 1.54) is 26.4 Å². The lowest BCUT2D eigenvalue weighted by Gasteiger charge is -2.22. The second-order valence-corrected chi connectivity index (χ2v) is 13.9. The molecule has 2 aliphatic rings. The minimum Gasteiger partial charge on any atom is -0.481 e. The molecule has 11 nitrogen and oxygen atoms in total. The number of nitrogens with one attached hydrogen (secondary N) is 2. The van der Waals surface area contributed by atoms with Gasteiger partial charge in [0.15, 0.2) is 0 Å². The van der Waals surface area contributed by atoms with Gasteiger partial charge in [0, 0.05) is 60.9 Å². The number of carboxylic acids is 1. The van der Waals surface area contributed by atoms with Crippen LogP contribution in [0.1, 0.15) is 59.6 Å². The molecule has 1 saturated heterocycles. The number of ether oxygens (including phenoxy) is 3. The van der Waals surface area contributed by atoms with E-state index in [0.717, 1.165) is 18.1 Å². The van der Waals surface area contributed by atoms with Gasteiger partial charge in [-0.05, 0) is 67.3 Å². The van der Waals surface area contributed by atoms with Crippen LogP contribution in [0, 0.1) is 5.82 Å². The number of rotatable bonds is 15. The van der Waals surface area contributed by atoms with E-state index >= 15 is 4.39 Å². The molecule has 1 aliphatic heterocycles. The van der Waals surface area contributed by atoms with Crippen LogP contribution in [0.15, 0.2) is 48.5 Å². The number of alkyl halides is 3. The van der Waals surface area contributed by atoms with Gasteiger partial charge in [0.25, 0.3) is 0 Å². The molecule has 0 unspecified atom stereocenters. The highest BCUT2D eigenvalue weighted by Gasteiger charge is 2.39. The Kier molecular flexibility index (Phi) is 12.1. The SMILES string of the molecule is COc1nc(-c2cccc(-c3cc(F)cc4c3CC[C@@H]4Oc3nc(OC)c(CN(C)CCC(=O)O)cc3C(F)(F)F)c2Cl)ccc1CNC[C@@H]1CCC(=O)N1. The lowest BCUT2D eigenvalue weighted by atomic mass is 9.94. The number of carbonyl (C=O) groups excluding carboxylic acids is 1. The molecule has 0 radical (unpaired) electrons. The molecule has 16 heteroatoms. The van der Waals surface area contributed by atoms with Gasteiger partial charge in [0.1, 0.15) is 17.5 Å². The molecule has 0 saturated carbocycles. The van der Waals surface area contributed by atoms with E-state index in [-0.39, 0.29) is 49.3 Å². The first-order chi connectivity index (χ1) is 26.2. The summed E-state index contributed by atoms with van der Waals surface area (Å²) in [5.41, 5.74) is 2.87. The molecule has 3 N–H and O–H groups in total. The number of pyridine rings is 2. The van der Waals surface area contributed by atoms with Crippen molar-refractivity contribution in [2.75, 3.05) is 34.4 Å². The van der Waals surface area contributed by atoms with E-state index in [4.69, 9.17) is 35.9 Å². The minimum absolute atomic E-state index is 0.0445. The minimum atomic E-state index is -4.86. The molecule has 4 aromatic rings. The molecule has 2 atom stereocenters. The summed E-state index contributed by atoms with van der Waals surface area (Å²) in [5, 5.41) is 15.5. The Bertz CT molecular complexity index is 2080. The van der Waals surface area contributed by atoms with Crippen molar-refractivity contribution in [1.82, 2.24) is 25.5 Å². The molecule has 292 valence electrons. The van der Waals surface area contributed by atoms with E-state index in [1.54, 1.807) is 36.2 Å². The van der Waals surface area contributed by atoms with Crippen molar-refractivity contribution in [2.24, 2.45) is 0 Å². The number of aliphatic carboxylic acids is 1. The number of methoxy groups -OCH3 is 2. The predicted octanol–water partition coefficient (Wildman–Crippen LogP) is 6.98. The number of benzene rings is 2. The van der Waals surface area contributed by atoms with Crippen LogP contribution in [0.3, 0.4) is 0 Å². The summed E-state index contributed by atoms with van der Waals surface area (Å²) in [6, 6.07) is 12.5. The maximum Gasteiger partial charge on any atom is 0.421 e. The molecule has 3 heterocycles. The molecule has 0 bridgehead atoms.